The summed E-state index contributed by atoms with van der Waals surface area (Å²) in [5.74, 6) is 0.876. The highest BCUT2D eigenvalue weighted by atomic mass is 35.5. The van der Waals surface area contributed by atoms with Crippen LogP contribution in [0.4, 0.5) is 0 Å². The highest BCUT2D eigenvalue weighted by Gasteiger charge is 2.27. The Bertz CT molecular complexity index is 1360. The van der Waals surface area contributed by atoms with E-state index in [-0.39, 0.29) is 23.6 Å². The average Bonchev–Trinajstić information content (AvgIpc) is 2.88. The minimum Gasteiger partial charge on any atom is -0.506 e. The van der Waals surface area contributed by atoms with E-state index < -0.39 is 5.56 Å². The van der Waals surface area contributed by atoms with Crippen molar-refractivity contribution in [2.75, 3.05) is 21.3 Å². The number of aromatic hydroxyl groups is 1. The van der Waals surface area contributed by atoms with Crippen LogP contribution in [0.2, 0.25) is 10.0 Å². The lowest BCUT2D eigenvalue weighted by atomic mass is 9.95. The monoisotopic (exact) mass is 544 g/mol. The number of pyridine rings is 1. The Kier molecular flexibility index (Phi) is 9.66. The van der Waals surface area contributed by atoms with Crippen LogP contribution in [0.3, 0.4) is 0 Å². The van der Waals surface area contributed by atoms with Gasteiger partial charge in [-0.2, -0.15) is 0 Å². The molecule has 0 spiro atoms. The molecule has 2 aromatic carbocycles. The lowest BCUT2D eigenvalue weighted by Gasteiger charge is -2.20. The van der Waals surface area contributed by atoms with Gasteiger partial charge in [0.25, 0.3) is 5.56 Å². The van der Waals surface area contributed by atoms with Crippen molar-refractivity contribution in [3.05, 3.63) is 86.0 Å². The van der Waals surface area contributed by atoms with E-state index in [9.17, 15) is 9.90 Å². The predicted octanol–water partition coefficient (Wildman–Crippen LogP) is 6.56. The first kappa shape index (κ1) is 28.2. The number of halogens is 2. The zero-order valence-corrected chi connectivity index (χ0v) is 22.8. The standard InChI is InChI=1S/C28H30Cl2N2O5/c1-6-7-9-20-23(24-21(35-4)10-8-11-22(24)36-5)26(33)25(27(34)32-20)28(31-3)37-16(2)14-17-12-13-18(29)19(30)15-17/h8,10-13,15H,2,6-7,9,14H2,1,3-5H3,(H2,32,33,34). The van der Waals surface area contributed by atoms with Crippen LogP contribution in [0.5, 0.6) is 17.2 Å². The maximum absolute atomic E-state index is 13.2. The molecule has 9 heteroatoms. The van der Waals surface area contributed by atoms with Gasteiger partial charge in [0.1, 0.15) is 28.6 Å². The lowest BCUT2D eigenvalue weighted by Crippen LogP contribution is -2.23. The Morgan fingerprint density at radius 3 is 2.32 bits per heavy atom. The molecular weight excluding hydrogens is 515 g/mol. The number of aromatic nitrogens is 1. The first-order valence-corrected chi connectivity index (χ1v) is 12.5. The number of rotatable bonds is 10. The molecule has 0 saturated carbocycles. The van der Waals surface area contributed by atoms with Crippen LogP contribution in [0.15, 0.2) is 58.5 Å². The topological polar surface area (TPSA) is 93.1 Å². The molecule has 1 aromatic heterocycles. The van der Waals surface area contributed by atoms with Gasteiger partial charge in [0.15, 0.2) is 0 Å². The molecule has 7 nitrogen and oxygen atoms in total. The summed E-state index contributed by atoms with van der Waals surface area (Å²) in [7, 11) is 4.53. The third kappa shape index (κ3) is 6.29. The Morgan fingerprint density at radius 2 is 1.76 bits per heavy atom. The fourth-order valence-corrected chi connectivity index (χ4v) is 4.32. The first-order chi connectivity index (χ1) is 17.7. The Hall–Kier alpha value is -3.42. The smallest absolute Gasteiger partial charge is 0.264 e. The van der Waals surface area contributed by atoms with E-state index in [0.717, 1.165) is 18.4 Å². The van der Waals surface area contributed by atoms with Gasteiger partial charge in [0.05, 0.1) is 35.4 Å². The summed E-state index contributed by atoms with van der Waals surface area (Å²) in [6.45, 7) is 6.00. The summed E-state index contributed by atoms with van der Waals surface area (Å²) in [6.07, 6.45) is 2.51. The molecule has 0 unspecified atom stereocenters. The number of aliphatic imine (C=N–C) groups is 1. The molecular formula is C28H30Cl2N2O5. The number of benzene rings is 2. The van der Waals surface area contributed by atoms with Gasteiger partial charge in [-0.3, -0.25) is 9.79 Å². The molecule has 37 heavy (non-hydrogen) atoms. The number of hydrogen-bond acceptors (Lipinski definition) is 6. The maximum atomic E-state index is 13.2. The van der Waals surface area contributed by atoms with Crippen LogP contribution in [0.25, 0.3) is 11.1 Å². The predicted molar refractivity (Wildman–Crippen MR) is 149 cm³/mol. The minimum absolute atomic E-state index is 0.0824. The van der Waals surface area contributed by atoms with E-state index in [4.69, 9.17) is 37.4 Å². The largest absolute Gasteiger partial charge is 0.506 e. The van der Waals surface area contributed by atoms with E-state index in [0.29, 0.717) is 50.5 Å². The molecule has 0 radical (unpaired) electrons. The number of aromatic amines is 1. The van der Waals surface area contributed by atoms with Crippen molar-refractivity contribution >= 4 is 29.1 Å². The molecule has 196 valence electrons. The quantitative estimate of drug-likeness (QED) is 0.171. The van der Waals surface area contributed by atoms with Gasteiger partial charge in [0.2, 0.25) is 5.90 Å². The summed E-state index contributed by atoms with van der Waals surface area (Å²) < 4.78 is 17.1. The number of nitrogens with one attached hydrogen (secondary N) is 1. The second-order valence-corrected chi connectivity index (χ2v) is 9.08. The number of aryl methyl sites for hydroxylation is 1. The summed E-state index contributed by atoms with van der Waals surface area (Å²) in [5, 5.41) is 12.4. The van der Waals surface area contributed by atoms with Crippen LogP contribution < -0.4 is 15.0 Å². The SMILES string of the molecule is C=C(Cc1ccc(Cl)c(Cl)c1)OC(=NC)c1c(O)c(-c2c(OC)cccc2OC)c(CCCC)[nH]c1=O. The van der Waals surface area contributed by atoms with Gasteiger partial charge in [-0.25, -0.2) is 0 Å². The highest BCUT2D eigenvalue weighted by molar-refractivity contribution is 6.42. The van der Waals surface area contributed by atoms with E-state index in [2.05, 4.69) is 16.6 Å². The zero-order chi connectivity index (χ0) is 27.1. The number of unbranched alkanes of at least 4 members (excludes halogenated alkanes) is 1. The first-order valence-electron chi connectivity index (χ1n) is 11.7. The second kappa shape index (κ2) is 12.7. The molecule has 0 atom stereocenters. The Morgan fingerprint density at radius 1 is 1.08 bits per heavy atom. The average molecular weight is 545 g/mol. The summed E-state index contributed by atoms with van der Waals surface area (Å²) in [4.78, 5) is 20.3. The molecule has 3 aromatic rings. The lowest BCUT2D eigenvalue weighted by molar-refractivity contribution is 0.394. The number of methoxy groups -OCH3 is 2. The number of allylic oxidation sites excluding steroid dienone is 1. The molecule has 0 fully saturated rings. The maximum Gasteiger partial charge on any atom is 0.264 e. The van der Waals surface area contributed by atoms with Crippen molar-refractivity contribution in [2.24, 2.45) is 4.99 Å². The molecule has 0 bridgehead atoms. The number of nitrogens with zero attached hydrogens (tertiary/aromatic N) is 1. The zero-order valence-electron chi connectivity index (χ0n) is 21.3. The van der Waals surface area contributed by atoms with Crippen LogP contribution in [-0.2, 0) is 17.6 Å². The van der Waals surface area contributed by atoms with Crippen molar-refractivity contribution in [1.29, 1.82) is 0 Å². The fraction of sp³-hybridized carbons (Fsp3) is 0.286. The Balaban J connectivity index is 2.11. The van der Waals surface area contributed by atoms with Gasteiger partial charge < -0.3 is 24.3 Å². The van der Waals surface area contributed by atoms with E-state index in [1.54, 1.807) is 36.4 Å². The van der Waals surface area contributed by atoms with Crippen molar-refractivity contribution < 1.29 is 19.3 Å². The number of hydrogen-bond donors (Lipinski definition) is 2. The van der Waals surface area contributed by atoms with E-state index in [1.807, 2.05) is 6.92 Å². The van der Waals surface area contributed by atoms with Crippen LogP contribution in [0, 0.1) is 0 Å². The third-order valence-electron chi connectivity index (χ3n) is 5.77. The second-order valence-electron chi connectivity index (χ2n) is 8.27. The molecule has 2 N–H and O–H groups in total. The van der Waals surface area contributed by atoms with Gasteiger partial charge in [-0.15, -0.1) is 0 Å². The van der Waals surface area contributed by atoms with Gasteiger partial charge in [0, 0.05) is 19.2 Å². The number of H-pyrrole nitrogens is 1. The van der Waals surface area contributed by atoms with Crippen LogP contribution >= 0.6 is 23.2 Å². The van der Waals surface area contributed by atoms with Crippen LogP contribution in [-0.4, -0.2) is 37.3 Å². The molecule has 0 aliphatic rings. The molecule has 0 aliphatic heterocycles. The van der Waals surface area contributed by atoms with Crippen molar-refractivity contribution in [2.45, 2.75) is 32.6 Å². The highest BCUT2D eigenvalue weighted by Crippen LogP contribution is 2.45. The van der Waals surface area contributed by atoms with Crippen LogP contribution in [0.1, 0.15) is 36.6 Å². The van der Waals surface area contributed by atoms with Gasteiger partial charge in [-0.1, -0.05) is 55.3 Å². The van der Waals surface area contributed by atoms with Gasteiger partial charge >= 0.3 is 0 Å². The summed E-state index contributed by atoms with van der Waals surface area (Å²) in [5.41, 5.74) is 1.60. The Labute approximate surface area is 226 Å². The van der Waals surface area contributed by atoms with Crippen molar-refractivity contribution in [3.8, 4) is 28.4 Å². The van der Waals surface area contributed by atoms with Crippen molar-refractivity contribution in [1.82, 2.24) is 4.98 Å². The van der Waals surface area contributed by atoms with Crippen molar-refractivity contribution in [3.63, 3.8) is 0 Å². The molecule has 0 amide bonds. The number of ether oxygens (including phenoxy) is 3. The summed E-state index contributed by atoms with van der Waals surface area (Å²) >= 11 is 12.1. The normalized spacial score (nSPS) is 11.4. The fourth-order valence-electron chi connectivity index (χ4n) is 4.00. The van der Waals surface area contributed by atoms with Gasteiger partial charge in [-0.05, 0) is 42.7 Å². The molecule has 3 rings (SSSR count). The van der Waals surface area contributed by atoms with E-state index >= 15 is 0 Å². The molecule has 0 saturated heterocycles. The summed E-state index contributed by atoms with van der Waals surface area (Å²) in [6, 6.07) is 10.5. The van der Waals surface area contributed by atoms with E-state index in [1.165, 1.54) is 21.3 Å². The molecule has 1 heterocycles. The molecule has 0 aliphatic carbocycles. The third-order valence-corrected chi connectivity index (χ3v) is 6.51. The minimum atomic E-state index is -0.538.